The largest absolute Gasteiger partial charge is 0.307 e. The molecular weight excluding hydrogens is 356 g/mol. The van der Waals surface area contributed by atoms with Gasteiger partial charge in [0.1, 0.15) is 10.8 Å². The summed E-state index contributed by atoms with van der Waals surface area (Å²) in [4.78, 5) is 22.8. The van der Waals surface area contributed by atoms with E-state index >= 15 is 0 Å². The Morgan fingerprint density at radius 1 is 1.27 bits per heavy atom. The lowest BCUT2D eigenvalue weighted by molar-refractivity contribution is -0.384. The predicted octanol–water partition coefficient (Wildman–Crippen LogP) is 4.05. The van der Waals surface area contributed by atoms with Gasteiger partial charge in [0.05, 0.1) is 17.7 Å². The fourth-order valence-corrected chi connectivity index (χ4v) is 2.72. The van der Waals surface area contributed by atoms with E-state index in [4.69, 9.17) is 11.6 Å². The van der Waals surface area contributed by atoms with Crippen molar-refractivity contribution in [1.82, 2.24) is 9.78 Å². The van der Waals surface area contributed by atoms with E-state index in [1.54, 1.807) is 16.9 Å². The van der Waals surface area contributed by atoms with Gasteiger partial charge in [-0.2, -0.15) is 5.10 Å². The molecule has 0 saturated heterocycles. The Labute approximate surface area is 154 Å². The number of nitrogens with zero attached hydrogens (tertiary/aromatic N) is 3. The van der Waals surface area contributed by atoms with Crippen LogP contribution in [0.5, 0.6) is 0 Å². The lowest BCUT2D eigenvalue weighted by Crippen LogP contribution is -2.16. The van der Waals surface area contributed by atoms with E-state index in [2.05, 4.69) is 10.4 Å². The van der Waals surface area contributed by atoms with Gasteiger partial charge in [0.15, 0.2) is 0 Å². The van der Waals surface area contributed by atoms with Crippen molar-refractivity contribution in [3.63, 3.8) is 0 Å². The maximum Gasteiger partial charge on any atom is 0.288 e. The molecule has 1 amide bonds. The van der Waals surface area contributed by atoms with Gasteiger partial charge in [0.25, 0.3) is 11.6 Å². The standard InChI is InChI=1S/C18H15ClN4O3/c1-12-3-2-4-13(9-12)11-22-17(7-8-20-22)21-18(24)14-5-6-15(19)16(10-14)23(25)26/h2-10H,11H2,1H3,(H,21,24). The average molecular weight is 371 g/mol. The molecule has 1 aromatic heterocycles. The zero-order valence-electron chi connectivity index (χ0n) is 13.8. The third-order valence-corrected chi connectivity index (χ3v) is 4.10. The Bertz CT molecular complexity index is 984. The SMILES string of the molecule is Cc1cccc(Cn2nccc2NC(=O)c2ccc(Cl)c([N+](=O)[O-])c2)c1. The molecule has 0 bridgehead atoms. The number of benzene rings is 2. The van der Waals surface area contributed by atoms with Crippen LogP contribution in [0.15, 0.2) is 54.7 Å². The first-order chi connectivity index (χ1) is 12.4. The summed E-state index contributed by atoms with van der Waals surface area (Å²) in [6, 6.07) is 13.6. The molecule has 7 nitrogen and oxygen atoms in total. The smallest absolute Gasteiger partial charge is 0.288 e. The molecule has 132 valence electrons. The summed E-state index contributed by atoms with van der Waals surface area (Å²) < 4.78 is 1.65. The van der Waals surface area contributed by atoms with Crippen LogP contribution >= 0.6 is 11.6 Å². The van der Waals surface area contributed by atoms with Crippen LogP contribution in [0.4, 0.5) is 11.5 Å². The van der Waals surface area contributed by atoms with Gasteiger partial charge in [-0.3, -0.25) is 14.9 Å². The molecule has 0 aliphatic rings. The van der Waals surface area contributed by atoms with Gasteiger partial charge in [-0.05, 0) is 24.6 Å². The molecule has 0 aliphatic heterocycles. The Kier molecular flexibility index (Phi) is 4.99. The van der Waals surface area contributed by atoms with Crippen molar-refractivity contribution in [3.8, 4) is 0 Å². The van der Waals surface area contributed by atoms with Gasteiger partial charge in [0.2, 0.25) is 0 Å². The molecule has 2 aromatic carbocycles. The highest BCUT2D eigenvalue weighted by atomic mass is 35.5. The minimum atomic E-state index is -0.624. The minimum absolute atomic E-state index is 0.0176. The number of aromatic nitrogens is 2. The van der Waals surface area contributed by atoms with Crippen LogP contribution in [0.2, 0.25) is 5.02 Å². The first kappa shape index (κ1) is 17.6. The highest BCUT2D eigenvalue weighted by molar-refractivity contribution is 6.32. The Hall–Kier alpha value is -3.19. The molecule has 0 saturated carbocycles. The molecule has 0 fully saturated rings. The minimum Gasteiger partial charge on any atom is -0.307 e. The van der Waals surface area contributed by atoms with Crippen molar-refractivity contribution < 1.29 is 9.72 Å². The molecule has 3 rings (SSSR count). The summed E-state index contributed by atoms with van der Waals surface area (Å²) in [5.41, 5.74) is 2.01. The summed E-state index contributed by atoms with van der Waals surface area (Å²) in [5.74, 6) is 0.0184. The molecule has 0 unspecified atom stereocenters. The number of hydrogen-bond donors (Lipinski definition) is 1. The van der Waals surface area contributed by atoms with Crippen LogP contribution in [0.3, 0.4) is 0 Å². The van der Waals surface area contributed by atoms with Crippen molar-refractivity contribution >= 4 is 29.0 Å². The second-order valence-electron chi connectivity index (χ2n) is 5.74. The average Bonchev–Trinajstić information content (AvgIpc) is 3.01. The normalized spacial score (nSPS) is 10.5. The van der Waals surface area contributed by atoms with E-state index in [9.17, 15) is 14.9 Å². The topological polar surface area (TPSA) is 90.1 Å². The predicted molar refractivity (Wildman–Crippen MR) is 98.6 cm³/mol. The van der Waals surface area contributed by atoms with E-state index in [0.717, 1.165) is 17.2 Å². The molecule has 8 heteroatoms. The molecule has 0 spiro atoms. The number of amides is 1. The van der Waals surface area contributed by atoms with E-state index < -0.39 is 10.8 Å². The summed E-state index contributed by atoms with van der Waals surface area (Å²) in [6.45, 7) is 2.49. The third kappa shape index (κ3) is 3.89. The van der Waals surface area contributed by atoms with Crippen molar-refractivity contribution in [1.29, 1.82) is 0 Å². The van der Waals surface area contributed by atoms with Crippen LogP contribution in [0, 0.1) is 17.0 Å². The van der Waals surface area contributed by atoms with Crippen LogP contribution in [0.1, 0.15) is 21.5 Å². The molecule has 1 heterocycles. The van der Waals surface area contributed by atoms with Gasteiger partial charge in [-0.15, -0.1) is 0 Å². The molecule has 0 atom stereocenters. The Morgan fingerprint density at radius 2 is 2.08 bits per heavy atom. The van der Waals surface area contributed by atoms with Crippen LogP contribution in [-0.2, 0) is 6.54 Å². The molecule has 0 aliphatic carbocycles. The summed E-state index contributed by atoms with van der Waals surface area (Å²) in [7, 11) is 0. The lowest BCUT2D eigenvalue weighted by Gasteiger charge is -2.10. The van der Waals surface area contributed by atoms with Crippen LogP contribution < -0.4 is 5.32 Å². The Balaban J connectivity index is 1.80. The van der Waals surface area contributed by atoms with Crippen molar-refractivity contribution in [2.75, 3.05) is 5.32 Å². The fourth-order valence-electron chi connectivity index (χ4n) is 2.53. The number of hydrogen-bond acceptors (Lipinski definition) is 4. The summed E-state index contributed by atoms with van der Waals surface area (Å²) >= 11 is 5.78. The second-order valence-corrected chi connectivity index (χ2v) is 6.15. The maximum absolute atomic E-state index is 12.4. The van der Waals surface area contributed by atoms with Crippen LogP contribution in [0.25, 0.3) is 0 Å². The van der Waals surface area contributed by atoms with E-state index in [1.165, 1.54) is 12.1 Å². The number of carbonyl (C=O) groups is 1. The molecule has 3 aromatic rings. The summed E-state index contributed by atoms with van der Waals surface area (Å²) in [6.07, 6.45) is 1.58. The van der Waals surface area contributed by atoms with E-state index in [1.807, 2.05) is 31.2 Å². The Morgan fingerprint density at radius 3 is 2.81 bits per heavy atom. The van der Waals surface area contributed by atoms with Gasteiger partial charge >= 0.3 is 0 Å². The van der Waals surface area contributed by atoms with Crippen molar-refractivity contribution in [2.45, 2.75) is 13.5 Å². The van der Waals surface area contributed by atoms with Gasteiger partial charge in [-0.25, -0.2) is 4.68 Å². The zero-order valence-corrected chi connectivity index (χ0v) is 14.6. The first-order valence-corrected chi connectivity index (χ1v) is 8.14. The van der Waals surface area contributed by atoms with E-state index in [-0.39, 0.29) is 16.3 Å². The zero-order chi connectivity index (χ0) is 18.7. The van der Waals surface area contributed by atoms with Gasteiger partial charge in [-0.1, -0.05) is 41.4 Å². The number of nitro benzene ring substituents is 1. The van der Waals surface area contributed by atoms with Gasteiger partial charge in [0, 0.05) is 17.7 Å². The van der Waals surface area contributed by atoms with Crippen molar-refractivity contribution in [3.05, 3.63) is 86.6 Å². The number of halogens is 1. The number of anilines is 1. The van der Waals surface area contributed by atoms with Gasteiger partial charge < -0.3 is 5.32 Å². The third-order valence-electron chi connectivity index (χ3n) is 3.78. The molecule has 0 radical (unpaired) electrons. The molecule has 1 N–H and O–H groups in total. The summed E-state index contributed by atoms with van der Waals surface area (Å²) in [5, 5.41) is 17.9. The number of rotatable bonds is 5. The number of nitro groups is 1. The molecule has 26 heavy (non-hydrogen) atoms. The monoisotopic (exact) mass is 370 g/mol. The highest BCUT2D eigenvalue weighted by Crippen LogP contribution is 2.25. The fraction of sp³-hybridized carbons (Fsp3) is 0.111. The molecular formula is C18H15ClN4O3. The lowest BCUT2D eigenvalue weighted by atomic mass is 10.1. The van der Waals surface area contributed by atoms with E-state index in [0.29, 0.717) is 12.4 Å². The maximum atomic E-state index is 12.4. The highest BCUT2D eigenvalue weighted by Gasteiger charge is 2.17. The first-order valence-electron chi connectivity index (χ1n) is 7.76. The number of aryl methyl sites for hydroxylation is 1. The number of carbonyl (C=O) groups excluding carboxylic acids is 1. The quantitative estimate of drug-likeness (QED) is 0.541. The van der Waals surface area contributed by atoms with Crippen molar-refractivity contribution in [2.24, 2.45) is 0 Å². The number of nitrogens with one attached hydrogen (secondary N) is 1. The van der Waals surface area contributed by atoms with Crippen LogP contribution in [-0.4, -0.2) is 20.6 Å². The second kappa shape index (κ2) is 7.37.